The Morgan fingerprint density at radius 3 is 2.61 bits per heavy atom. The second-order valence-corrected chi connectivity index (χ2v) is 8.88. The van der Waals surface area contributed by atoms with Crippen LogP contribution in [-0.4, -0.2) is 39.9 Å². The van der Waals surface area contributed by atoms with Crippen LogP contribution >= 0.6 is 0 Å². The topological polar surface area (TPSA) is 57.6 Å². The first-order valence-corrected chi connectivity index (χ1v) is 9.38. The third kappa shape index (κ3) is 2.06. The van der Waals surface area contributed by atoms with E-state index < -0.39 is 6.10 Å². The molecule has 0 aromatic rings. The molecule has 4 heteroatoms. The van der Waals surface area contributed by atoms with Gasteiger partial charge in [0.1, 0.15) is 5.78 Å². The SMILES string of the molecule is C[C@]12CCC3[C@@H](CCN4C(=O)C[C@@H](O)CC[C@]34C)[C@@H]1CCC2=O. The lowest BCUT2D eigenvalue weighted by Crippen LogP contribution is -2.62. The number of hydrogen-bond acceptors (Lipinski definition) is 3. The highest BCUT2D eigenvalue weighted by atomic mass is 16.3. The van der Waals surface area contributed by atoms with Crippen molar-refractivity contribution in [1.82, 2.24) is 4.90 Å². The molecule has 2 aliphatic carbocycles. The number of carbonyl (C=O) groups excluding carboxylic acids is 2. The highest BCUT2D eigenvalue weighted by Gasteiger charge is 2.60. The fourth-order valence-electron chi connectivity index (χ4n) is 6.57. The quantitative estimate of drug-likeness (QED) is 0.746. The van der Waals surface area contributed by atoms with Crippen LogP contribution in [-0.2, 0) is 9.59 Å². The molecule has 1 N–H and O–H groups in total. The first-order valence-electron chi connectivity index (χ1n) is 9.38. The molecule has 1 amide bonds. The Balaban J connectivity index is 1.67. The van der Waals surface area contributed by atoms with Crippen molar-refractivity contribution >= 4 is 11.7 Å². The average Bonchev–Trinajstić information content (AvgIpc) is 2.75. The summed E-state index contributed by atoms with van der Waals surface area (Å²) in [6, 6.07) is 0. The largest absolute Gasteiger partial charge is 0.393 e. The molecule has 2 saturated carbocycles. The highest BCUT2D eigenvalue weighted by Crippen LogP contribution is 2.60. The summed E-state index contributed by atoms with van der Waals surface area (Å²) in [5.41, 5.74) is -0.224. The van der Waals surface area contributed by atoms with Gasteiger partial charge in [0, 0.05) is 23.9 Å². The summed E-state index contributed by atoms with van der Waals surface area (Å²) in [7, 11) is 0. The zero-order valence-electron chi connectivity index (χ0n) is 14.4. The Morgan fingerprint density at radius 1 is 1.04 bits per heavy atom. The fourth-order valence-corrected chi connectivity index (χ4v) is 6.57. The predicted octanol–water partition coefficient (Wildman–Crippen LogP) is 2.53. The van der Waals surface area contributed by atoms with E-state index in [2.05, 4.69) is 18.7 Å². The Bertz CT molecular complexity index is 547. The molecule has 128 valence electrons. The Hall–Kier alpha value is -0.900. The van der Waals surface area contributed by atoms with Crippen LogP contribution in [0.4, 0.5) is 0 Å². The zero-order valence-corrected chi connectivity index (χ0v) is 14.4. The lowest BCUT2D eigenvalue weighted by Gasteiger charge is -2.58. The molecule has 23 heavy (non-hydrogen) atoms. The summed E-state index contributed by atoms with van der Waals surface area (Å²) in [5, 5.41) is 10.1. The first-order chi connectivity index (χ1) is 10.9. The number of piperidine rings is 1. The van der Waals surface area contributed by atoms with Crippen molar-refractivity contribution in [2.45, 2.75) is 76.9 Å². The minimum absolute atomic E-state index is 0.103. The van der Waals surface area contributed by atoms with Crippen LogP contribution in [0, 0.1) is 23.2 Å². The Labute approximate surface area is 138 Å². The van der Waals surface area contributed by atoms with Gasteiger partial charge in [0.2, 0.25) is 5.91 Å². The van der Waals surface area contributed by atoms with Gasteiger partial charge in [-0.25, -0.2) is 0 Å². The molecule has 2 aliphatic heterocycles. The summed E-state index contributed by atoms with van der Waals surface area (Å²) in [5.74, 6) is 2.18. The molecule has 0 radical (unpaired) electrons. The van der Waals surface area contributed by atoms with Crippen LogP contribution < -0.4 is 0 Å². The van der Waals surface area contributed by atoms with Gasteiger partial charge < -0.3 is 10.0 Å². The predicted molar refractivity (Wildman–Crippen MR) is 86.6 cm³/mol. The first kappa shape index (κ1) is 15.6. The number of aliphatic hydroxyl groups excluding tert-OH is 1. The number of nitrogens with zero attached hydrogens (tertiary/aromatic N) is 1. The zero-order chi connectivity index (χ0) is 16.4. The fraction of sp³-hybridized carbons (Fsp3) is 0.895. The molecule has 4 aliphatic rings. The van der Waals surface area contributed by atoms with Crippen molar-refractivity contribution in [3.05, 3.63) is 0 Å². The van der Waals surface area contributed by atoms with E-state index in [1.165, 1.54) is 0 Å². The van der Waals surface area contributed by atoms with Crippen LogP contribution in [0.1, 0.15) is 65.2 Å². The number of fused-ring (bicyclic) bond motifs is 5. The number of aliphatic hydroxyl groups is 1. The Kier molecular flexibility index (Phi) is 3.43. The molecule has 4 nitrogen and oxygen atoms in total. The number of carbonyl (C=O) groups is 2. The van der Waals surface area contributed by atoms with Gasteiger partial charge in [0.05, 0.1) is 12.5 Å². The third-order valence-electron chi connectivity index (χ3n) is 7.94. The van der Waals surface area contributed by atoms with Gasteiger partial charge in [0.25, 0.3) is 0 Å². The molecule has 0 aromatic carbocycles. The van der Waals surface area contributed by atoms with Crippen LogP contribution in [0.15, 0.2) is 0 Å². The van der Waals surface area contributed by atoms with E-state index in [9.17, 15) is 14.7 Å². The number of ketones is 1. The summed E-state index contributed by atoms with van der Waals surface area (Å²) >= 11 is 0. The van der Waals surface area contributed by atoms with Crippen LogP contribution in [0.5, 0.6) is 0 Å². The van der Waals surface area contributed by atoms with Crippen molar-refractivity contribution in [2.24, 2.45) is 23.2 Å². The third-order valence-corrected chi connectivity index (χ3v) is 7.94. The summed E-state index contributed by atoms with van der Waals surface area (Å²) in [4.78, 5) is 27.1. The summed E-state index contributed by atoms with van der Waals surface area (Å²) < 4.78 is 0. The van der Waals surface area contributed by atoms with Crippen molar-refractivity contribution in [3.63, 3.8) is 0 Å². The van der Waals surface area contributed by atoms with Gasteiger partial charge in [-0.3, -0.25) is 9.59 Å². The minimum Gasteiger partial charge on any atom is -0.393 e. The summed E-state index contributed by atoms with van der Waals surface area (Å²) in [6.07, 6.45) is 6.30. The van der Waals surface area contributed by atoms with E-state index in [4.69, 9.17) is 0 Å². The molecule has 6 atom stereocenters. The van der Waals surface area contributed by atoms with E-state index in [1.807, 2.05) is 0 Å². The molecule has 4 rings (SSSR count). The summed E-state index contributed by atoms with van der Waals surface area (Å²) in [6.45, 7) is 5.25. The van der Waals surface area contributed by atoms with Gasteiger partial charge in [-0.1, -0.05) is 6.92 Å². The maximum absolute atomic E-state index is 12.6. The van der Waals surface area contributed by atoms with Crippen molar-refractivity contribution in [2.75, 3.05) is 6.54 Å². The van der Waals surface area contributed by atoms with Crippen molar-refractivity contribution in [3.8, 4) is 0 Å². The molecule has 4 fully saturated rings. The van der Waals surface area contributed by atoms with E-state index in [1.54, 1.807) is 0 Å². The second kappa shape index (κ2) is 5.05. The molecular weight excluding hydrogens is 290 g/mol. The van der Waals surface area contributed by atoms with Crippen LogP contribution in [0.2, 0.25) is 0 Å². The molecule has 2 saturated heterocycles. The highest BCUT2D eigenvalue weighted by molar-refractivity contribution is 5.87. The van der Waals surface area contributed by atoms with Gasteiger partial charge in [-0.2, -0.15) is 0 Å². The average molecular weight is 319 g/mol. The number of Topliss-reactive ketones (excluding diaryl/α,β-unsaturated/α-hetero) is 1. The maximum Gasteiger partial charge on any atom is 0.225 e. The van der Waals surface area contributed by atoms with E-state index in [-0.39, 0.29) is 23.3 Å². The second-order valence-electron chi connectivity index (χ2n) is 8.88. The molecule has 0 aromatic heterocycles. The number of amides is 1. The lowest BCUT2D eigenvalue weighted by molar-refractivity contribution is -0.154. The smallest absolute Gasteiger partial charge is 0.225 e. The number of hydrogen-bond donors (Lipinski definition) is 1. The normalized spacial score (nSPS) is 50.1. The van der Waals surface area contributed by atoms with Gasteiger partial charge in [-0.15, -0.1) is 0 Å². The lowest BCUT2D eigenvalue weighted by atomic mass is 9.53. The molecule has 0 spiro atoms. The molecule has 2 heterocycles. The van der Waals surface area contributed by atoms with Crippen molar-refractivity contribution < 1.29 is 14.7 Å². The molecular formula is C19H29NO3. The van der Waals surface area contributed by atoms with E-state index >= 15 is 0 Å². The Morgan fingerprint density at radius 2 is 1.83 bits per heavy atom. The van der Waals surface area contributed by atoms with Gasteiger partial charge in [-0.05, 0) is 63.2 Å². The van der Waals surface area contributed by atoms with E-state index in [0.29, 0.717) is 23.5 Å². The molecule has 0 bridgehead atoms. The maximum atomic E-state index is 12.6. The van der Waals surface area contributed by atoms with Crippen LogP contribution in [0.25, 0.3) is 0 Å². The molecule has 1 unspecified atom stereocenters. The monoisotopic (exact) mass is 319 g/mol. The van der Waals surface area contributed by atoms with Gasteiger partial charge >= 0.3 is 0 Å². The minimum atomic E-state index is -0.481. The number of rotatable bonds is 0. The van der Waals surface area contributed by atoms with E-state index in [0.717, 1.165) is 51.5 Å². The van der Waals surface area contributed by atoms with Gasteiger partial charge in [0.15, 0.2) is 0 Å². The van der Waals surface area contributed by atoms with Crippen molar-refractivity contribution in [1.29, 1.82) is 0 Å². The van der Waals surface area contributed by atoms with Crippen LogP contribution in [0.3, 0.4) is 0 Å². The standard InChI is InChI=1S/C19H29NO3/c1-18-8-6-15-13(14(18)3-4-16(18)22)7-10-20-17(23)11-12(21)5-9-19(15,20)2/h12-15,21H,3-11H2,1-2H3/t12-,13-,14-,15?,18-,19+/m0/s1.